The van der Waals surface area contributed by atoms with E-state index in [2.05, 4.69) is 28.7 Å². The zero-order valence-electron chi connectivity index (χ0n) is 9.41. The minimum atomic E-state index is 0.424. The Hall–Kier alpha value is -0.830. The molecule has 0 radical (unpaired) electrons. The molecule has 0 aliphatic rings. The molecule has 0 unspecified atom stereocenters. The number of nitrogens with zero attached hydrogens (tertiary/aromatic N) is 3. The molecule has 0 amide bonds. The van der Waals surface area contributed by atoms with E-state index < -0.39 is 0 Å². The first kappa shape index (κ1) is 12.2. The molecule has 0 saturated heterocycles. The van der Waals surface area contributed by atoms with Crippen molar-refractivity contribution >= 4 is 17.4 Å². The molecule has 1 aromatic rings. The van der Waals surface area contributed by atoms with Crippen LogP contribution in [0.2, 0.25) is 0 Å². The number of anilines is 1. The molecular formula is C11H18ClN3. The van der Waals surface area contributed by atoms with Crippen molar-refractivity contribution in [3.63, 3.8) is 0 Å². The van der Waals surface area contributed by atoms with E-state index >= 15 is 0 Å². The summed E-state index contributed by atoms with van der Waals surface area (Å²) in [6.07, 6.45) is 5.76. The summed E-state index contributed by atoms with van der Waals surface area (Å²) < 4.78 is 0. The van der Waals surface area contributed by atoms with Gasteiger partial charge in [-0.05, 0) is 12.8 Å². The third-order valence-corrected chi connectivity index (χ3v) is 2.39. The topological polar surface area (TPSA) is 29.0 Å². The minimum absolute atomic E-state index is 0.424. The molecule has 0 aliphatic carbocycles. The van der Waals surface area contributed by atoms with Crippen LogP contribution in [0.3, 0.4) is 0 Å². The average Bonchev–Trinajstić information content (AvgIpc) is 2.29. The predicted molar refractivity (Wildman–Crippen MR) is 64.4 cm³/mol. The van der Waals surface area contributed by atoms with Gasteiger partial charge in [-0.1, -0.05) is 13.8 Å². The standard InChI is InChI=1S/C11H18ClN3/c1-3-5-15(6-4-2)11-9-13-8-10(7-12)14-11/h8-9H,3-7H2,1-2H3. The Balaban J connectivity index is 2.79. The highest BCUT2D eigenvalue weighted by Crippen LogP contribution is 2.11. The third-order valence-electron chi connectivity index (χ3n) is 2.12. The van der Waals surface area contributed by atoms with Gasteiger partial charge in [-0.25, -0.2) is 4.98 Å². The second-order valence-electron chi connectivity index (χ2n) is 3.49. The lowest BCUT2D eigenvalue weighted by Gasteiger charge is -2.22. The Bertz CT molecular complexity index is 285. The van der Waals surface area contributed by atoms with Crippen molar-refractivity contribution in [3.05, 3.63) is 18.1 Å². The Morgan fingerprint density at radius 2 is 1.87 bits per heavy atom. The molecule has 1 aromatic heterocycles. The zero-order valence-corrected chi connectivity index (χ0v) is 10.2. The molecule has 0 aliphatic heterocycles. The van der Waals surface area contributed by atoms with Gasteiger partial charge in [0, 0.05) is 19.3 Å². The van der Waals surface area contributed by atoms with E-state index in [0.717, 1.165) is 37.4 Å². The molecule has 4 heteroatoms. The highest BCUT2D eigenvalue weighted by atomic mass is 35.5. The van der Waals surface area contributed by atoms with Gasteiger partial charge in [0.1, 0.15) is 5.82 Å². The summed E-state index contributed by atoms with van der Waals surface area (Å²) in [6, 6.07) is 0. The van der Waals surface area contributed by atoms with E-state index in [-0.39, 0.29) is 0 Å². The number of hydrogen-bond acceptors (Lipinski definition) is 3. The Kier molecular flexibility index (Phi) is 5.40. The van der Waals surface area contributed by atoms with Crippen LogP contribution in [-0.2, 0) is 5.88 Å². The normalized spacial score (nSPS) is 10.3. The Labute approximate surface area is 96.5 Å². The van der Waals surface area contributed by atoms with Crippen LogP contribution in [0, 0.1) is 0 Å². The van der Waals surface area contributed by atoms with Crippen molar-refractivity contribution in [2.24, 2.45) is 0 Å². The van der Waals surface area contributed by atoms with Gasteiger partial charge in [-0.3, -0.25) is 4.98 Å². The van der Waals surface area contributed by atoms with E-state index in [0.29, 0.717) is 5.88 Å². The summed E-state index contributed by atoms with van der Waals surface area (Å²) in [5, 5.41) is 0. The van der Waals surface area contributed by atoms with Crippen LogP contribution in [-0.4, -0.2) is 23.1 Å². The molecule has 0 fully saturated rings. The highest BCUT2D eigenvalue weighted by molar-refractivity contribution is 6.16. The molecule has 15 heavy (non-hydrogen) atoms. The van der Waals surface area contributed by atoms with Crippen LogP contribution >= 0.6 is 11.6 Å². The SMILES string of the molecule is CCCN(CCC)c1cncc(CCl)n1. The molecule has 3 nitrogen and oxygen atoms in total. The first-order valence-electron chi connectivity index (χ1n) is 5.43. The molecule has 0 N–H and O–H groups in total. The molecule has 1 heterocycles. The summed E-state index contributed by atoms with van der Waals surface area (Å²) in [4.78, 5) is 10.9. The van der Waals surface area contributed by atoms with Crippen molar-refractivity contribution in [2.45, 2.75) is 32.6 Å². The van der Waals surface area contributed by atoms with Crippen LogP contribution in [0.4, 0.5) is 5.82 Å². The van der Waals surface area contributed by atoms with E-state index in [9.17, 15) is 0 Å². The first-order chi connectivity index (χ1) is 7.31. The second-order valence-corrected chi connectivity index (χ2v) is 3.76. The van der Waals surface area contributed by atoms with Crippen LogP contribution in [0.15, 0.2) is 12.4 Å². The monoisotopic (exact) mass is 227 g/mol. The minimum Gasteiger partial charge on any atom is -0.355 e. The van der Waals surface area contributed by atoms with Crippen molar-refractivity contribution in [1.82, 2.24) is 9.97 Å². The summed E-state index contributed by atoms with van der Waals surface area (Å²) in [5.74, 6) is 1.37. The smallest absolute Gasteiger partial charge is 0.147 e. The van der Waals surface area contributed by atoms with Gasteiger partial charge in [0.25, 0.3) is 0 Å². The Morgan fingerprint density at radius 3 is 2.40 bits per heavy atom. The van der Waals surface area contributed by atoms with Crippen LogP contribution < -0.4 is 4.90 Å². The zero-order chi connectivity index (χ0) is 11.1. The van der Waals surface area contributed by atoms with Crippen LogP contribution in [0.5, 0.6) is 0 Å². The van der Waals surface area contributed by atoms with Gasteiger partial charge in [0.05, 0.1) is 17.8 Å². The van der Waals surface area contributed by atoms with Gasteiger partial charge in [0.15, 0.2) is 0 Å². The first-order valence-corrected chi connectivity index (χ1v) is 5.97. The van der Waals surface area contributed by atoms with Gasteiger partial charge in [-0.15, -0.1) is 11.6 Å². The van der Waals surface area contributed by atoms with Crippen molar-refractivity contribution in [2.75, 3.05) is 18.0 Å². The summed E-state index contributed by atoms with van der Waals surface area (Å²) in [7, 11) is 0. The Morgan fingerprint density at radius 1 is 1.20 bits per heavy atom. The maximum Gasteiger partial charge on any atom is 0.147 e. The molecule has 0 aromatic carbocycles. The van der Waals surface area contributed by atoms with Gasteiger partial charge in [-0.2, -0.15) is 0 Å². The summed E-state index contributed by atoms with van der Waals surface area (Å²) in [5.41, 5.74) is 0.839. The number of halogens is 1. The van der Waals surface area contributed by atoms with E-state index in [4.69, 9.17) is 11.6 Å². The summed E-state index contributed by atoms with van der Waals surface area (Å²) in [6.45, 7) is 6.38. The second kappa shape index (κ2) is 6.62. The molecular weight excluding hydrogens is 210 g/mol. The molecule has 1 rings (SSSR count). The van der Waals surface area contributed by atoms with E-state index in [1.165, 1.54) is 0 Å². The lowest BCUT2D eigenvalue weighted by atomic mass is 10.3. The van der Waals surface area contributed by atoms with Crippen LogP contribution in [0.25, 0.3) is 0 Å². The van der Waals surface area contributed by atoms with E-state index in [1.807, 2.05) is 0 Å². The van der Waals surface area contributed by atoms with Gasteiger partial charge < -0.3 is 4.90 Å². The molecule has 0 spiro atoms. The summed E-state index contributed by atoms with van der Waals surface area (Å²) >= 11 is 5.74. The highest BCUT2D eigenvalue weighted by Gasteiger charge is 2.06. The molecule has 0 saturated carbocycles. The maximum absolute atomic E-state index is 5.74. The van der Waals surface area contributed by atoms with Gasteiger partial charge >= 0.3 is 0 Å². The third kappa shape index (κ3) is 3.67. The fraction of sp³-hybridized carbons (Fsp3) is 0.636. The van der Waals surface area contributed by atoms with Crippen molar-refractivity contribution < 1.29 is 0 Å². The fourth-order valence-electron chi connectivity index (χ4n) is 1.49. The van der Waals surface area contributed by atoms with Crippen LogP contribution in [0.1, 0.15) is 32.4 Å². The van der Waals surface area contributed by atoms with Gasteiger partial charge in [0.2, 0.25) is 0 Å². The number of hydrogen-bond donors (Lipinski definition) is 0. The molecule has 0 bridgehead atoms. The lowest BCUT2D eigenvalue weighted by molar-refractivity contribution is 0.729. The molecule has 0 atom stereocenters. The lowest BCUT2D eigenvalue weighted by Crippen LogP contribution is -2.26. The number of rotatable bonds is 6. The number of alkyl halides is 1. The van der Waals surface area contributed by atoms with Crippen molar-refractivity contribution in [1.29, 1.82) is 0 Å². The number of aromatic nitrogens is 2. The quantitative estimate of drug-likeness (QED) is 0.700. The fourth-order valence-corrected chi connectivity index (χ4v) is 1.62. The largest absolute Gasteiger partial charge is 0.355 e. The maximum atomic E-state index is 5.74. The average molecular weight is 228 g/mol. The molecule has 84 valence electrons. The van der Waals surface area contributed by atoms with E-state index in [1.54, 1.807) is 12.4 Å². The predicted octanol–water partition coefficient (Wildman–Crippen LogP) is 2.84. The van der Waals surface area contributed by atoms with Crippen molar-refractivity contribution in [3.8, 4) is 0 Å².